The smallest absolute Gasteiger partial charge is 0.188 e. The number of fused-ring (bicyclic) bond motifs is 1. The van der Waals surface area contributed by atoms with Gasteiger partial charge in [0.1, 0.15) is 17.2 Å². The lowest BCUT2D eigenvalue weighted by molar-refractivity contribution is 0.0286. The van der Waals surface area contributed by atoms with E-state index in [0.29, 0.717) is 37.2 Å². The predicted molar refractivity (Wildman–Crippen MR) is 130 cm³/mol. The number of carbonyl (C=O) groups is 1. The third-order valence-electron chi connectivity index (χ3n) is 7.49. The normalized spacial score (nSPS) is 21.1. The van der Waals surface area contributed by atoms with Gasteiger partial charge in [0.05, 0.1) is 0 Å². The summed E-state index contributed by atoms with van der Waals surface area (Å²) >= 11 is 0. The molecule has 1 aliphatic carbocycles. The van der Waals surface area contributed by atoms with E-state index in [1.54, 1.807) is 18.2 Å². The molecule has 1 aliphatic heterocycles. The van der Waals surface area contributed by atoms with Gasteiger partial charge < -0.3 is 0 Å². The van der Waals surface area contributed by atoms with Crippen LogP contribution >= 0.6 is 0 Å². The summed E-state index contributed by atoms with van der Waals surface area (Å²) < 4.78 is 28.6. The first-order chi connectivity index (χ1) is 16.3. The van der Waals surface area contributed by atoms with E-state index in [0.717, 1.165) is 40.9 Å². The quantitative estimate of drug-likeness (QED) is 0.525. The van der Waals surface area contributed by atoms with Crippen LogP contribution in [-0.4, -0.2) is 41.8 Å². The molecule has 0 aromatic heterocycles. The Balaban J connectivity index is 1.47. The number of halogens is 2. The number of nitrogens with zero attached hydrogens (tertiary/aromatic N) is 2. The Bertz CT molecular complexity index is 1240. The molecular formula is C29H30F2N2O. The minimum Gasteiger partial charge on any atom is -0.297 e. The first-order valence-corrected chi connectivity index (χ1v) is 11.9. The van der Waals surface area contributed by atoms with Crippen molar-refractivity contribution >= 4 is 5.78 Å². The zero-order valence-electron chi connectivity index (χ0n) is 20.0. The topological polar surface area (TPSA) is 23.6 Å². The number of ketones is 1. The van der Waals surface area contributed by atoms with Gasteiger partial charge in [-0.05, 0) is 55.7 Å². The molecule has 0 spiro atoms. The lowest BCUT2D eigenvalue weighted by Gasteiger charge is -2.45. The van der Waals surface area contributed by atoms with Crippen LogP contribution in [0.1, 0.15) is 43.7 Å². The minimum absolute atomic E-state index is 0.0126. The fourth-order valence-corrected chi connectivity index (χ4v) is 5.73. The molecule has 1 unspecified atom stereocenters. The van der Waals surface area contributed by atoms with Crippen LogP contribution in [-0.2, 0) is 18.5 Å². The molecule has 0 saturated carbocycles. The van der Waals surface area contributed by atoms with E-state index in [1.807, 2.05) is 26.8 Å². The first-order valence-electron chi connectivity index (χ1n) is 11.9. The second-order valence-electron chi connectivity index (χ2n) is 9.84. The lowest BCUT2D eigenvalue weighted by atomic mass is 9.82. The van der Waals surface area contributed by atoms with E-state index in [2.05, 4.69) is 28.0 Å². The van der Waals surface area contributed by atoms with Gasteiger partial charge in [-0.2, -0.15) is 0 Å². The second kappa shape index (κ2) is 8.71. The molecular weight excluding hydrogens is 430 g/mol. The zero-order valence-corrected chi connectivity index (χ0v) is 20.0. The van der Waals surface area contributed by atoms with Crippen molar-refractivity contribution in [2.45, 2.75) is 39.3 Å². The summed E-state index contributed by atoms with van der Waals surface area (Å²) in [5.41, 5.74) is 5.32. The molecule has 0 bridgehead atoms. The van der Waals surface area contributed by atoms with E-state index in [1.165, 1.54) is 12.1 Å². The van der Waals surface area contributed by atoms with Gasteiger partial charge in [0.25, 0.3) is 0 Å². The molecule has 5 heteroatoms. The summed E-state index contributed by atoms with van der Waals surface area (Å²) in [4.78, 5) is 18.5. The summed E-state index contributed by atoms with van der Waals surface area (Å²) in [6, 6.07) is 16.0. The van der Waals surface area contributed by atoms with Gasteiger partial charge in [-0.1, -0.05) is 47.5 Å². The van der Waals surface area contributed by atoms with E-state index in [-0.39, 0.29) is 17.4 Å². The van der Waals surface area contributed by atoms with Crippen LogP contribution in [0.25, 0.3) is 0 Å². The second-order valence-corrected chi connectivity index (χ2v) is 9.84. The summed E-state index contributed by atoms with van der Waals surface area (Å²) in [7, 11) is 0. The Labute approximate surface area is 200 Å². The van der Waals surface area contributed by atoms with Crippen molar-refractivity contribution in [1.82, 2.24) is 9.80 Å². The van der Waals surface area contributed by atoms with Crippen molar-refractivity contribution in [3.05, 3.63) is 105 Å². The average Bonchev–Trinajstić information content (AvgIpc) is 3.11. The number of benzene rings is 3. The SMILES string of the molecule is Cc1cc(C)cc(C2(N3CCN(Cc4cc(F)ccc4C)CC3)Cc3c(F)cccc3C2=O)c1. The number of aryl methyl sites for hydroxylation is 3. The molecule has 0 radical (unpaired) electrons. The minimum atomic E-state index is -0.901. The van der Waals surface area contributed by atoms with Crippen molar-refractivity contribution in [2.75, 3.05) is 26.2 Å². The summed E-state index contributed by atoms with van der Waals surface area (Å²) in [6.07, 6.45) is 0.347. The Hall–Kier alpha value is -2.89. The van der Waals surface area contributed by atoms with Crippen molar-refractivity contribution in [1.29, 1.82) is 0 Å². The van der Waals surface area contributed by atoms with Crippen LogP contribution in [0.2, 0.25) is 0 Å². The number of piperazine rings is 1. The molecule has 1 atom stereocenters. The van der Waals surface area contributed by atoms with E-state index in [4.69, 9.17) is 0 Å². The molecule has 2 aliphatic rings. The maximum atomic E-state index is 14.8. The van der Waals surface area contributed by atoms with E-state index < -0.39 is 5.54 Å². The maximum Gasteiger partial charge on any atom is 0.188 e. The number of hydrogen-bond donors (Lipinski definition) is 0. The van der Waals surface area contributed by atoms with Crippen molar-refractivity contribution in [3.63, 3.8) is 0 Å². The molecule has 34 heavy (non-hydrogen) atoms. The van der Waals surface area contributed by atoms with Crippen molar-refractivity contribution in [2.24, 2.45) is 0 Å². The highest BCUT2D eigenvalue weighted by molar-refractivity contribution is 6.08. The monoisotopic (exact) mass is 460 g/mol. The van der Waals surface area contributed by atoms with Gasteiger partial charge in [0.15, 0.2) is 5.78 Å². The molecule has 3 aromatic rings. The van der Waals surface area contributed by atoms with Crippen LogP contribution in [0.4, 0.5) is 8.78 Å². The lowest BCUT2D eigenvalue weighted by Crippen LogP contribution is -2.58. The molecule has 3 aromatic carbocycles. The van der Waals surface area contributed by atoms with Gasteiger partial charge in [0, 0.05) is 50.3 Å². The summed E-state index contributed by atoms with van der Waals surface area (Å²) in [5.74, 6) is -0.539. The molecule has 5 rings (SSSR count). The molecule has 176 valence electrons. The highest BCUT2D eigenvalue weighted by Gasteiger charge is 2.52. The molecule has 1 fully saturated rings. The van der Waals surface area contributed by atoms with Gasteiger partial charge in [-0.15, -0.1) is 0 Å². The number of rotatable bonds is 4. The molecule has 3 nitrogen and oxygen atoms in total. The van der Waals surface area contributed by atoms with Gasteiger partial charge in [-0.3, -0.25) is 14.6 Å². The number of carbonyl (C=O) groups excluding carboxylic acids is 1. The van der Waals surface area contributed by atoms with Crippen LogP contribution in [0, 0.1) is 32.4 Å². The third-order valence-corrected chi connectivity index (χ3v) is 7.49. The Kier molecular flexibility index (Phi) is 5.86. The van der Waals surface area contributed by atoms with E-state index in [9.17, 15) is 13.6 Å². The Morgan fingerprint density at radius 1 is 0.882 bits per heavy atom. The number of hydrogen-bond acceptors (Lipinski definition) is 3. The van der Waals surface area contributed by atoms with E-state index >= 15 is 0 Å². The largest absolute Gasteiger partial charge is 0.297 e. The highest BCUT2D eigenvalue weighted by atomic mass is 19.1. The first kappa shape index (κ1) is 22.9. The van der Waals surface area contributed by atoms with Gasteiger partial charge in [-0.25, -0.2) is 8.78 Å². The summed E-state index contributed by atoms with van der Waals surface area (Å²) in [6.45, 7) is 9.64. The average molecular weight is 461 g/mol. The molecule has 0 N–H and O–H groups in total. The van der Waals surface area contributed by atoms with Gasteiger partial charge in [0.2, 0.25) is 0 Å². The highest BCUT2D eigenvalue weighted by Crippen LogP contribution is 2.44. The molecule has 1 heterocycles. The summed E-state index contributed by atoms with van der Waals surface area (Å²) in [5, 5.41) is 0. The van der Waals surface area contributed by atoms with Crippen LogP contribution in [0.15, 0.2) is 54.6 Å². The Morgan fingerprint density at radius 3 is 2.26 bits per heavy atom. The fraction of sp³-hybridized carbons (Fsp3) is 0.345. The van der Waals surface area contributed by atoms with Crippen LogP contribution < -0.4 is 0 Å². The standard InChI is InChI=1S/C29H30F2N2O/c1-19-13-20(2)15-23(14-19)29(17-26-25(28(29)34)5-4-6-27(26)31)33-11-9-32(10-12-33)18-22-16-24(30)8-7-21(22)3/h4-8,13-16H,9-12,17-18H2,1-3H3. The van der Waals surface area contributed by atoms with Crippen molar-refractivity contribution < 1.29 is 13.6 Å². The van der Waals surface area contributed by atoms with Gasteiger partial charge >= 0.3 is 0 Å². The van der Waals surface area contributed by atoms with Crippen LogP contribution in [0.3, 0.4) is 0 Å². The maximum absolute atomic E-state index is 14.8. The van der Waals surface area contributed by atoms with Crippen molar-refractivity contribution in [3.8, 4) is 0 Å². The molecule has 0 amide bonds. The zero-order chi connectivity index (χ0) is 24.0. The number of Topliss-reactive ketones (excluding diaryl/α,β-unsaturated/α-hetero) is 1. The Morgan fingerprint density at radius 2 is 1.59 bits per heavy atom. The van der Waals surface area contributed by atoms with Crippen LogP contribution in [0.5, 0.6) is 0 Å². The third kappa shape index (κ3) is 3.87. The fourth-order valence-electron chi connectivity index (χ4n) is 5.73. The predicted octanol–water partition coefficient (Wildman–Crippen LogP) is 5.34. The molecule has 1 saturated heterocycles.